The Kier molecular flexibility index (Phi) is 6.43. The van der Waals surface area contributed by atoms with E-state index in [1.165, 1.54) is 26.4 Å². The Morgan fingerprint density at radius 1 is 1.04 bits per heavy atom. The van der Waals surface area contributed by atoms with Crippen LogP contribution in [0.3, 0.4) is 0 Å². The molecule has 7 heteroatoms. The van der Waals surface area contributed by atoms with Gasteiger partial charge in [0.2, 0.25) is 11.7 Å². The van der Waals surface area contributed by atoms with Gasteiger partial charge in [-0.15, -0.1) is 0 Å². The number of rotatable bonds is 8. The summed E-state index contributed by atoms with van der Waals surface area (Å²) in [6.45, 7) is 0. The van der Waals surface area contributed by atoms with Gasteiger partial charge < -0.3 is 25.0 Å². The molecule has 7 nitrogen and oxygen atoms in total. The zero-order valence-corrected chi connectivity index (χ0v) is 14.6. The van der Waals surface area contributed by atoms with E-state index in [9.17, 15) is 19.8 Å². The van der Waals surface area contributed by atoms with Gasteiger partial charge in [-0.1, -0.05) is 30.3 Å². The Hall–Kier alpha value is -3.22. The van der Waals surface area contributed by atoms with Crippen LogP contribution in [0.4, 0.5) is 0 Å². The fraction of sp³-hybridized carbons (Fsp3) is 0.263. The summed E-state index contributed by atoms with van der Waals surface area (Å²) >= 11 is 0. The van der Waals surface area contributed by atoms with Crippen molar-refractivity contribution in [2.45, 2.75) is 18.9 Å². The second-order valence-electron chi connectivity index (χ2n) is 5.67. The molecule has 0 saturated heterocycles. The van der Waals surface area contributed by atoms with Crippen molar-refractivity contribution in [3.63, 3.8) is 0 Å². The lowest BCUT2D eigenvalue weighted by Crippen LogP contribution is -2.43. The van der Waals surface area contributed by atoms with Gasteiger partial charge in [-0.25, -0.2) is 4.79 Å². The van der Waals surface area contributed by atoms with Gasteiger partial charge >= 0.3 is 5.97 Å². The minimum atomic E-state index is -1.11. The van der Waals surface area contributed by atoms with Crippen LogP contribution in [0.15, 0.2) is 42.5 Å². The Morgan fingerprint density at radius 3 is 2.12 bits per heavy atom. The van der Waals surface area contributed by atoms with Crippen LogP contribution >= 0.6 is 0 Å². The molecule has 2 aromatic carbocycles. The number of hydrogen-bond acceptors (Lipinski definition) is 5. The maximum Gasteiger partial charge on any atom is 0.326 e. The van der Waals surface area contributed by atoms with Crippen LogP contribution in [0.25, 0.3) is 0 Å². The first-order chi connectivity index (χ1) is 12.4. The summed E-state index contributed by atoms with van der Waals surface area (Å²) in [5.74, 6) is -1.38. The van der Waals surface area contributed by atoms with E-state index in [1.807, 2.05) is 18.2 Å². The van der Waals surface area contributed by atoms with Crippen molar-refractivity contribution in [3.05, 3.63) is 53.6 Å². The fourth-order valence-electron chi connectivity index (χ4n) is 2.53. The molecule has 0 bridgehead atoms. The first-order valence-corrected chi connectivity index (χ1v) is 7.94. The third-order valence-corrected chi connectivity index (χ3v) is 3.82. The van der Waals surface area contributed by atoms with Gasteiger partial charge in [0, 0.05) is 6.42 Å². The summed E-state index contributed by atoms with van der Waals surface area (Å²) in [5.41, 5.74) is 1.34. The van der Waals surface area contributed by atoms with Gasteiger partial charge in [0.15, 0.2) is 11.5 Å². The third kappa shape index (κ3) is 4.89. The highest BCUT2D eigenvalue weighted by atomic mass is 16.5. The third-order valence-electron chi connectivity index (χ3n) is 3.82. The number of benzene rings is 2. The van der Waals surface area contributed by atoms with Gasteiger partial charge in [-0.05, 0) is 23.3 Å². The van der Waals surface area contributed by atoms with Crippen LogP contribution in [0.1, 0.15) is 11.1 Å². The van der Waals surface area contributed by atoms with Crippen molar-refractivity contribution in [1.82, 2.24) is 5.32 Å². The minimum Gasteiger partial charge on any atom is -0.502 e. The molecule has 0 saturated carbocycles. The molecule has 0 spiro atoms. The van der Waals surface area contributed by atoms with E-state index in [0.717, 1.165) is 5.56 Å². The van der Waals surface area contributed by atoms with Crippen molar-refractivity contribution in [2.75, 3.05) is 14.2 Å². The van der Waals surface area contributed by atoms with Crippen molar-refractivity contribution < 1.29 is 29.3 Å². The number of carboxylic acids is 1. The minimum absolute atomic E-state index is 0.0778. The molecule has 0 aromatic heterocycles. The van der Waals surface area contributed by atoms with Crippen molar-refractivity contribution in [3.8, 4) is 17.2 Å². The molecule has 2 rings (SSSR count). The summed E-state index contributed by atoms with van der Waals surface area (Å²) in [4.78, 5) is 23.7. The predicted octanol–water partition coefficient (Wildman–Crippen LogP) is 1.76. The maximum absolute atomic E-state index is 12.3. The van der Waals surface area contributed by atoms with Crippen molar-refractivity contribution >= 4 is 11.9 Å². The van der Waals surface area contributed by atoms with Gasteiger partial charge in [0.05, 0.1) is 20.6 Å². The molecule has 1 atom stereocenters. The van der Waals surface area contributed by atoms with Crippen LogP contribution in [0.2, 0.25) is 0 Å². The number of phenols is 1. The molecule has 138 valence electrons. The van der Waals surface area contributed by atoms with Crippen LogP contribution in [0, 0.1) is 0 Å². The van der Waals surface area contributed by atoms with Crippen molar-refractivity contribution in [2.24, 2.45) is 0 Å². The van der Waals surface area contributed by atoms with E-state index in [1.54, 1.807) is 12.1 Å². The highest BCUT2D eigenvalue weighted by Gasteiger charge is 2.21. The molecule has 0 fully saturated rings. The molecule has 0 aliphatic rings. The summed E-state index contributed by atoms with van der Waals surface area (Å²) < 4.78 is 10.1. The Balaban J connectivity index is 2.09. The van der Waals surface area contributed by atoms with Gasteiger partial charge in [0.1, 0.15) is 6.04 Å². The van der Waals surface area contributed by atoms with Crippen molar-refractivity contribution in [1.29, 1.82) is 0 Å². The summed E-state index contributed by atoms with van der Waals surface area (Å²) in [6.07, 6.45) is 0.107. The second-order valence-corrected chi connectivity index (χ2v) is 5.67. The van der Waals surface area contributed by atoms with E-state index in [4.69, 9.17) is 9.47 Å². The van der Waals surface area contributed by atoms with E-state index >= 15 is 0 Å². The van der Waals surface area contributed by atoms with E-state index in [0.29, 0.717) is 5.56 Å². The second kappa shape index (κ2) is 8.75. The lowest BCUT2D eigenvalue weighted by Gasteiger charge is -2.15. The average Bonchev–Trinajstić information content (AvgIpc) is 2.63. The first-order valence-electron chi connectivity index (χ1n) is 7.94. The summed E-state index contributed by atoms with van der Waals surface area (Å²) in [5, 5.41) is 21.8. The molecule has 26 heavy (non-hydrogen) atoms. The predicted molar refractivity (Wildman–Crippen MR) is 94.6 cm³/mol. The average molecular weight is 359 g/mol. The normalized spacial score (nSPS) is 11.5. The van der Waals surface area contributed by atoms with Gasteiger partial charge in [0.25, 0.3) is 0 Å². The molecule has 0 aliphatic carbocycles. The van der Waals surface area contributed by atoms with Crippen LogP contribution in [0.5, 0.6) is 17.2 Å². The largest absolute Gasteiger partial charge is 0.502 e. The summed E-state index contributed by atoms with van der Waals surface area (Å²) in [6, 6.07) is 11.0. The number of nitrogens with one attached hydrogen (secondary N) is 1. The smallest absolute Gasteiger partial charge is 0.326 e. The topological polar surface area (TPSA) is 105 Å². The molecule has 1 amide bonds. The van der Waals surface area contributed by atoms with E-state index < -0.39 is 17.9 Å². The number of carbonyl (C=O) groups is 2. The number of ether oxygens (including phenoxy) is 2. The Bertz CT molecular complexity index is 750. The van der Waals surface area contributed by atoms with Crippen LogP contribution in [-0.4, -0.2) is 42.4 Å². The summed E-state index contributed by atoms with van der Waals surface area (Å²) in [7, 11) is 2.78. The lowest BCUT2D eigenvalue weighted by molar-refractivity contribution is -0.141. The molecular formula is C19H21NO6. The molecule has 0 aliphatic heterocycles. The molecule has 3 N–H and O–H groups in total. The number of methoxy groups -OCH3 is 2. The number of aromatic hydroxyl groups is 1. The maximum atomic E-state index is 12.3. The first kappa shape index (κ1) is 19.1. The lowest BCUT2D eigenvalue weighted by atomic mass is 10.1. The van der Waals surface area contributed by atoms with Crippen LogP contribution in [-0.2, 0) is 22.4 Å². The Morgan fingerprint density at radius 2 is 1.62 bits per heavy atom. The molecular weight excluding hydrogens is 338 g/mol. The zero-order chi connectivity index (χ0) is 19.1. The molecule has 0 radical (unpaired) electrons. The standard InChI is InChI=1S/C19H21NO6/c1-25-15-9-13(10-16(26-2)18(15)22)11-17(21)20-14(19(23)24)8-12-6-4-3-5-7-12/h3-7,9-10,14,22H,8,11H2,1-2H3,(H,20,21)(H,23,24)/t14-/m1/s1. The number of aliphatic carboxylic acids is 1. The number of amides is 1. The highest BCUT2D eigenvalue weighted by molar-refractivity contribution is 5.85. The molecule has 0 unspecified atom stereocenters. The van der Waals surface area contributed by atoms with E-state index in [-0.39, 0.29) is 30.1 Å². The number of phenolic OH excluding ortho intramolecular Hbond substituents is 1. The Labute approximate surface area is 151 Å². The number of hydrogen-bond donors (Lipinski definition) is 3. The van der Waals surface area contributed by atoms with Gasteiger partial charge in [-0.3, -0.25) is 4.79 Å². The monoisotopic (exact) mass is 359 g/mol. The molecule has 2 aromatic rings. The quantitative estimate of drug-likeness (QED) is 0.663. The van der Waals surface area contributed by atoms with Gasteiger partial charge in [-0.2, -0.15) is 0 Å². The number of carboxylic acid groups (broad SMARTS) is 1. The number of carbonyl (C=O) groups excluding carboxylic acids is 1. The fourth-order valence-corrected chi connectivity index (χ4v) is 2.53. The van der Waals surface area contributed by atoms with E-state index in [2.05, 4.69) is 5.32 Å². The molecule has 0 heterocycles. The SMILES string of the molecule is COc1cc(CC(=O)N[C@H](Cc2ccccc2)C(=O)O)cc(OC)c1O. The zero-order valence-electron chi connectivity index (χ0n) is 14.6. The van der Waals surface area contributed by atoms with Crippen LogP contribution < -0.4 is 14.8 Å². The highest BCUT2D eigenvalue weighted by Crippen LogP contribution is 2.37.